The number of para-hydroxylation sites is 1. The first kappa shape index (κ1) is 20.6. The topological polar surface area (TPSA) is 100 Å². The van der Waals surface area contributed by atoms with E-state index in [0.29, 0.717) is 45.4 Å². The average Bonchev–Trinajstić information content (AvgIpc) is 2.66. The van der Waals surface area contributed by atoms with E-state index < -0.39 is 11.1 Å². The first-order chi connectivity index (χ1) is 13.0. The van der Waals surface area contributed by atoms with Crippen LogP contribution in [-0.2, 0) is 26.3 Å². The molecule has 0 fully saturated rings. The smallest absolute Gasteiger partial charge is 0.172 e. The fourth-order valence-electron chi connectivity index (χ4n) is 2.77. The van der Waals surface area contributed by atoms with Crippen LogP contribution >= 0.6 is 0 Å². The van der Waals surface area contributed by atoms with E-state index in [9.17, 15) is 8.76 Å². The van der Waals surface area contributed by atoms with Gasteiger partial charge in [-0.15, -0.1) is 0 Å². The van der Waals surface area contributed by atoms with E-state index >= 15 is 0 Å². The molecule has 0 aliphatic heterocycles. The van der Waals surface area contributed by atoms with Gasteiger partial charge in [0, 0.05) is 5.56 Å². The summed E-state index contributed by atoms with van der Waals surface area (Å²) in [6.45, 7) is 0. The van der Waals surface area contributed by atoms with Crippen LogP contribution in [0.1, 0.15) is 16.7 Å². The molecule has 8 heteroatoms. The van der Waals surface area contributed by atoms with Crippen LogP contribution in [-0.4, -0.2) is 37.2 Å². The van der Waals surface area contributed by atoms with Gasteiger partial charge in [0.2, 0.25) is 0 Å². The van der Waals surface area contributed by atoms with Gasteiger partial charge in [0.1, 0.15) is 11.5 Å². The normalized spacial score (nSPS) is 12.8. The number of ether oxygens (including phenoxy) is 4. The van der Waals surface area contributed by atoms with Crippen molar-refractivity contribution in [1.82, 2.24) is 0 Å². The molecule has 7 nitrogen and oxygen atoms in total. The molecule has 0 bridgehead atoms. The SMILES string of the molecule is COC(=C(OC)c1ccccc1OC)c1cc(OC)c(N)cc1CS(=O)O. The van der Waals surface area contributed by atoms with Gasteiger partial charge in [-0.25, -0.2) is 4.21 Å². The summed E-state index contributed by atoms with van der Waals surface area (Å²) in [5.74, 6) is 1.66. The zero-order valence-electron chi connectivity index (χ0n) is 15.6. The van der Waals surface area contributed by atoms with Crippen LogP contribution in [0.3, 0.4) is 0 Å². The number of rotatable bonds is 8. The molecule has 0 amide bonds. The zero-order valence-corrected chi connectivity index (χ0v) is 16.5. The maximum atomic E-state index is 11.4. The molecule has 27 heavy (non-hydrogen) atoms. The van der Waals surface area contributed by atoms with Crippen LogP contribution in [0.4, 0.5) is 5.69 Å². The highest BCUT2D eigenvalue weighted by Crippen LogP contribution is 2.37. The lowest BCUT2D eigenvalue weighted by molar-refractivity contribution is 0.325. The fourth-order valence-corrected chi connectivity index (χ4v) is 3.27. The molecule has 0 aliphatic rings. The third-order valence-electron chi connectivity index (χ3n) is 3.95. The lowest BCUT2D eigenvalue weighted by atomic mass is 10.0. The van der Waals surface area contributed by atoms with E-state index in [2.05, 4.69) is 0 Å². The summed E-state index contributed by atoms with van der Waals surface area (Å²) in [5.41, 5.74) is 8.06. The third kappa shape index (κ3) is 4.53. The van der Waals surface area contributed by atoms with E-state index in [-0.39, 0.29) is 5.75 Å². The van der Waals surface area contributed by atoms with Gasteiger partial charge in [0.05, 0.1) is 45.4 Å². The second kappa shape index (κ2) is 9.29. The molecule has 1 atom stereocenters. The predicted octanol–water partition coefficient (Wildman–Crippen LogP) is 3.13. The van der Waals surface area contributed by atoms with Gasteiger partial charge in [-0.05, 0) is 29.8 Å². The molecule has 0 heterocycles. The molecule has 1 unspecified atom stereocenters. The second-order valence-corrected chi connectivity index (χ2v) is 6.42. The molecule has 146 valence electrons. The highest BCUT2D eigenvalue weighted by Gasteiger charge is 2.22. The fraction of sp³-hybridized carbons (Fsp3) is 0.263. The van der Waals surface area contributed by atoms with Gasteiger partial charge < -0.3 is 29.2 Å². The summed E-state index contributed by atoms with van der Waals surface area (Å²) in [4.78, 5) is 0. The van der Waals surface area contributed by atoms with Gasteiger partial charge >= 0.3 is 0 Å². The highest BCUT2D eigenvalue weighted by atomic mass is 32.2. The quantitative estimate of drug-likeness (QED) is 0.308. The van der Waals surface area contributed by atoms with Crippen molar-refractivity contribution in [2.45, 2.75) is 5.75 Å². The van der Waals surface area contributed by atoms with Crippen LogP contribution in [0.15, 0.2) is 36.4 Å². The highest BCUT2D eigenvalue weighted by molar-refractivity contribution is 7.78. The van der Waals surface area contributed by atoms with Gasteiger partial charge in [-0.3, -0.25) is 0 Å². The molecule has 0 radical (unpaired) electrons. The third-order valence-corrected chi connectivity index (χ3v) is 4.50. The van der Waals surface area contributed by atoms with Crippen LogP contribution in [0.2, 0.25) is 0 Å². The van der Waals surface area contributed by atoms with E-state index in [4.69, 9.17) is 24.7 Å². The van der Waals surface area contributed by atoms with E-state index in [1.54, 1.807) is 25.3 Å². The minimum Gasteiger partial charge on any atom is -0.496 e. The Labute approximate surface area is 161 Å². The Kier molecular flexibility index (Phi) is 7.09. The summed E-state index contributed by atoms with van der Waals surface area (Å²) in [5, 5.41) is 0. The Morgan fingerprint density at radius 1 is 0.963 bits per heavy atom. The Balaban J connectivity index is 2.80. The summed E-state index contributed by atoms with van der Waals surface area (Å²) < 4.78 is 42.8. The second-order valence-electron chi connectivity index (χ2n) is 5.48. The molecule has 0 saturated heterocycles. The Bertz CT molecular complexity index is 865. The molecule has 0 spiro atoms. The van der Waals surface area contributed by atoms with Crippen molar-refractivity contribution >= 4 is 28.3 Å². The molecule has 3 N–H and O–H groups in total. The molecule has 2 aromatic carbocycles. The maximum absolute atomic E-state index is 11.4. The number of nitrogen functional groups attached to an aromatic ring is 1. The Morgan fingerprint density at radius 3 is 2.11 bits per heavy atom. The minimum atomic E-state index is -2.07. The largest absolute Gasteiger partial charge is 0.496 e. The molecular weight excluding hydrogens is 370 g/mol. The van der Waals surface area contributed by atoms with E-state index in [0.717, 1.165) is 0 Å². The number of benzene rings is 2. The first-order valence-electron chi connectivity index (χ1n) is 7.96. The van der Waals surface area contributed by atoms with Crippen LogP contribution < -0.4 is 15.2 Å². The average molecular weight is 393 g/mol. The van der Waals surface area contributed by atoms with Crippen molar-refractivity contribution in [3.63, 3.8) is 0 Å². The molecule has 0 saturated carbocycles. The molecular formula is C19H23NO6S. The first-order valence-corrected chi connectivity index (χ1v) is 9.24. The monoisotopic (exact) mass is 393 g/mol. The van der Waals surface area contributed by atoms with Gasteiger partial charge in [-0.2, -0.15) is 0 Å². The maximum Gasteiger partial charge on any atom is 0.172 e. The predicted molar refractivity (Wildman–Crippen MR) is 106 cm³/mol. The standard InChI is InChI=1S/C19H23NO6S/c1-23-16-8-6-5-7-13(16)18(25-3)19(26-4)14-10-17(24-2)15(20)9-12(14)11-27(21)22/h5-10H,11,20H2,1-4H3,(H,21,22). The van der Waals surface area contributed by atoms with Crippen molar-refractivity contribution in [1.29, 1.82) is 0 Å². The number of hydrogen-bond donors (Lipinski definition) is 2. The van der Waals surface area contributed by atoms with Crippen molar-refractivity contribution in [3.8, 4) is 11.5 Å². The number of methoxy groups -OCH3 is 4. The van der Waals surface area contributed by atoms with Crippen molar-refractivity contribution in [2.75, 3.05) is 34.2 Å². The molecule has 2 aromatic rings. The van der Waals surface area contributed by atoms with Crippen LogP contribution in [0.25, 0.3) is 11.5 Å². The Morgan fingerprint density at radius 2 is 1.56 bits per heavy atom. The number of hydrogen-bond acceptors (Lipinski definition) is 6. The summed E-state index contributed by atoms with van der Waals surface area (Å²) in [7, 11) is 6.06. The molecule has 0 aliphatic carbocycles. The van der Waals surface area contributed by atoms with Crippen molar-refractivity contribution in [2.24, 2.45) is 0 Å². The summed E-state index contributed by atoms with van der Waals surface area (Å²) in [6.07, 6.45) is 0. The van der Waals surface area contributed by atoms with Crippen molar-refractivity contribution in [3.05, 3.63) is 53.1 Å². The number of nitrogens with two attached hydrogens (primary N) is 1. The Hall–Kier alpha value is -2.71. The minimum absolute atomic E-state index is 0.126. The number of anilines is 1. The molecule has 2 rings (SSSR count). The molecule has 0 aromatic heterocycles. The lowest BCUT2D eigenvalue weighted by Gasteiger charge is -2.19. The van der Waals surface area contributed by atoms with Gasteiger partial charge in [0.25, 0.3) is 0 Å². The van der Waals surface area contributed by atoms with E-state index in [1.807, 2.05) is 18.2 Å². The van der Waals surface area contributed by atoms with Crippen molar-refractivity contribution < 1.29 is 27.7 Å². The van der Waals surface area contributed by atoms with Crippen LogP contribution in [0, 0.1) is 0 Å². The summed E-state index contributed by atoms with van der Waals surface area (Å²) >= 11 is -2.07. The summed E-state index contributed by atoms with van der Waals surface area (Å²) in [6, 6.07) is 10.6. The zero-order chi connectivity index (χ0) is 20.0. The lowest BCUT2D eigenvalue weighted by Crippen LogP contribution is -2.06. The van der Waals surface area contributed by atoms with Gasteiger partial charge in [-0.1, -0.05) is 12.1 Å². The van der Waals surface area contributed by atoms with Gasteiger partial charge in [0.15, 0.2) is 22.6 Å². The van der Waals surface area contributed by atoms with E-state index in [1.165, 1.54) is 21.3 Å². The van der Waals surface area contributed by atoms with Crippen LogP contribution in [0.5, 0.6) is 11.5 Å².